The molecule has 1 aromatic carbocycles. The lowest BCUT2D eigenvalue weighted by atomic mass is 9.80. The van der Waals surface area contributed by atoms with Gasteiger partial charge in [0.05, 0.1) is 18.4 Å². The first-order chi connectivity index (χ1) is 15.9. The van der Waals surface area contributed by atoms with Gasteiger partial charge in [0.15, 0.2) is 0 Å². The lowest BCUT2D eigenvalue weighted by Crippen LogP contribution is -2.52. The van der Waals surface area contributed by atoms with Crippen LogP contribution in [0.5, 0.6) is 11.5 Å². The van der Waals surface area contributed by atoms with Crippen molar-refractivity contribution in [3.05, 3.63) is 46.0 Å². The molecule has 5 N–H and O–H groups in total. The number of pyridine rings is 1. The number of thiophene rings is 1. The van der Waals surface area contributed by atoms with Crippen molar-refractivity contribution in [2.75, 3.05) is 25.4 Å². The Labute approximate surface area is 196 Å². The Kier molecular flexibility index (Phi) is 4.78. The summed E-state index contributed by atoms with van der Waals surface area (Å²) in [7, 11) is 0. The Morgan fingerprint density at radius 2 is 2.18 bits per heavy atom. The molecule has 1 spiro atoms. The van der Waals surface area contributed by atoms with Crippen molar-refractivity contribution in [1.29, 1.82) is 0 Å². The fourth-order valence-electron chi connectivity index (χ4n) is 5.66. The van der Waals surface area contributed by atoms with E-state index in [0.717, 1.165) is 70.9 Å². The van der Waals surface area contributed by atoms with Crippen LogP contribution in [0, 0.1) is 12.3 Å². The van der Waals surface area contributed by atoms with Gasteiger partial charge in [-0.25, -0.2) is 4.98 Å². The summed E-state index contributed by atoms with van der Waals surface area (Å²) in [4.78, 5) is 17.5. The molecular weight excluding hydrogens is 436 g/mol. The Hall–Kier alpha value is -2.84. The summed E-state index contributed by atoms with van der Waals surface area (Å²) in [6.45, 7) is 4.74. The number of fused-ring (bicyclic) bond motifs is 2. The fraction of sp³-hybridized carbons (Fsp3) is 0.440. The first-order valence-electron chi connectivity index (χ1n) is 11.5. The van der Waals surface area contributed by atoms with Crippen molar-refractivity contribution in [3.8, 4) is 11.5 Å². The second-order valence-corrected chi connectivity index (χ2v) is 10.8. The van der Waals surface area contributed by atoms with Gasteiger partial charge in [-0.1, -0.05) is 6.07 Å². The van der Waals surface area contributed by atoms with Crippen LogP contribution in [-0.4, -0.2) is 36.7 Å². The van der Waals surface area contributed by atoms with E-state index < -0.39 is 5.91 Å². The molecule has 2 aromatic heterocycles. The van der Waals surface area contributed by atoms with E-state index in [-0.39, 0.29) is 12.0 Å². The molecule has 2 aliphatic heterocycles. The van der Waals surface area contributed by atoms with E-state index in [2.05, 4.69) is 28.5 Å². The molecule has 1 amide bonds. The van der Waals surface area contributed by atoms with Gasteiger partial charge in [-0.3, -0.25) is 4.79 Å². The van der Waals surface area contributed by atoms with E-state index >= 15 is 0 Å². The zero-order valence-electron chi connectivity index (χ0n) is 18.6. The third-order valence-electron chi connectivity index (χ3n) is 7.43. The number of rotatable bonds is 4. The molecule has 1 saturated carbocycles. The molecular formula is C25H28N4O3S. The van der Waals surface area contributed by atoms with Gasteiger partial charge in [0, 0.05) is 36.2 Å². The van der Waals surface area contributed by atoms with Crippen LogP contribution in [0.15, 0.2) is 24.3 Å². The number of hydrogen-bond donors (Lipinski definition) is 3. The zero-order valence-corrected chi connectivity index (χ0v) is 19.5. The number of nitrogen functional groups attached to an aromatic ring is 1. The Morgan fingerprint density at radius 1 is 1.33 bits per heavy atom. The third-order valence-corrected chi connectivity index (χ3v) is 8.54. The number of aryl methyl sites for hydroxylation is 1. The van der Waals surface area contributed by atoms with Crippen molar-refractivity contribution in [2.45, 2.75) is 44.6 Å². The van der Waals surface area contributed by atoms with Gasteiger partial charge in [0.2, 0.25) is 0 Å². The van der Waals surface area contributed by atoms with Gasteiger partial charge >= 0.3 is 0 Å². The van der Waals surface area contributed by atoms with Gasteiger partial charge < -0.3 is 26.3 Å². The fourth-order valence-corrected chi connectivity index (χ4v) is 6.68. The third kappa shape index (κ3) is 3.52. The van der Waals surface area contributed by atoms with E-state index in [9.17, 15) is 4.79 Å². The number of anilines is 1. The van der Waals surface area contributed by atoms with Crippen LogP contribution < -0.4 is 26.3 Å². The van der Waals surface area contributed by atoms with E-state index in [1.807, 2.05) is 13.0 Å². The predicted molar refractivity (Wildman–Crippen MR) is 129 cm³/mol. The number of nitrogens with two attached hydrogens (primary N) is 2. The Bertz CT molecular complexity index is 1270. The van der Waals surface area contributed by atoms with E-state index in [1.54, 1.807) is 0 Å². The predicted octanol–water partition coefficient (Wildman–Crippen LogP) is 3.53. The second kappa shape index (κ2) is 7.60. The molecule has 3 aliphatic rings. The van der Waals surface area contributed by atoms with Crippen LogP contribution >= 0.6 is 11.3 Å². The maximum absolute atomic E-state index is 11.8. The minimum Gasteiger partial charge on any atom is -0.493 e. The summed E-state index contributed by atoms with van der Waals surface area (Å²) in [6.07, 6.45) is 4.61. The normalized spacial score (nSPS) is 23.2. The van der Waals surface area contributed by atoms with E-state index in [1.165, 1.54) is 17.8 Å². The quantitative estimate of drug-likeness (QED) is 0.545. The number of ether oxygens (including phenoxy) is 2. The monoisotopic (exact) mass is 464 g/mol. The molecule has 172 valence electrons. The van der Waals surface area contributed by atoms with Crippen molar-refractivity contribution in [2.24, 2.45) is 11.1 Å². The number of amides is 1. The molecule has 1 saturated heterocycles. The topological polar surface area (TPSA) is 112 Å². The number of nitrogens with one attached hydrogen (secondary N) is 1. The number of primary amides is 1. The highest BCUT2D eigenvalue weighted by Gasteiger charge is 2.44. The van der Waals surface area contributed by atoms with Crippen LogP contribution in [-0.2, 0) is 6.42 Å². The average molecular weight is 465 g/mol. The average Bonchev–Trinajstić information content (AvgIpc) is 3.34. The molecule has 1 aliphatic carbocycles. The second-order valence-electron chi connectivity index (χ2n) is 9.81. The molecule has 3 aromatic rings. The summed E-state index contributed by atoms with van der Waals surface area (Å²) in [5.41, 5.74) is 15.9. The summed E-state index contributed by atoms with van der Waals surface area (Å²) >= 11 is 1.26. The molecule has 6 rings (SSSR count). The molecule has 4 heterocycles. The molecule has 33 heavy (non-hydrogen) atoms. The SMILES string of the molecule is Cc1cc([C@@H]2COc3cc(O[C@H]4CCC5(CNC5)C4)ccc3C2)c2c(N)c(C(N)=O)sc2n1. The molecule has 0 bridgehead atoms. The summed E-state index contributed by atoms with van der Waals surface area (Å²) < 4.78 is 12.5. The van der Waals surface area contributed by atoms with Crippen molar-refractivity contribution < 1.29 is 14.3 Å². The summed E-state index contributed by atoms with van der Waals surface area (Å²) in [5, 5.41) is 4.23. The Balaban J connectivity index is 1.24. The molecule has 8 heteroatoms. The van der Waals surface area contributed by atoms with Gasteiger partial charge in [-0.05, 0) is 61.3 Å². The number of carbonyl (C=O) groups excluding carboxylic acids is 1. The van der Waals surface area contributed by atoms with Crippen LogP contribution in [0.4, 0.5) is 5.69 Å². The van der Waals surface area contributed by atoms with Gasteiger partial charge in [-0.15, -0.1) is 11.3 Å². The highest BCUT2D eigenvalue weighted by molar-refractivity contribution is 7.21. The molecule has 0 radical (unpaired) electrons. The highest BCUT2D eigenvalue weighted by Crippen LogP contribution is 2.44. The maximum atomic E-state index is 11.8. The van der Waals surface area contributed by atoms with Gasteiger partial charge in [0.25, 0.3) is 5.91 Å². The largest absolute Gasteiger partial charge is 0.493 e. The minimum absolute atomic E-state index is 0.118. The molecule has 2 fully saturated rings. The Morgan fingerprint density at radius 3 is 2.91 bits per heavy atom. The van der Waals surface area contributed by atoms with Crippen LogP contribution in [0.25, 0.3) is 10.2 Å². The summed E-state index contributed by atoms with van der Waals surface area (Å²) in [6, 6.07) is 8.26. The molecule has 0 unspecified atom stereocenters. The van der Waals surface area contributed by atoms with Crippen molar-refractivity contribution >= 4 is 33.1 Å². The smallest absolute Gasteiger partial charge is 0.260 e. The van der Waals surface area contributed by atoms with Crippen LogP contribution in [0.1, 0.15) is 51.7 Å². The minimum atomic E-state index is -0.515. The lowest BCUT2D eigenvalue weighted by molar-refractivity contribution is 0.100. The number of hydrogen-bond acceptors (Lipinski definition) is 7. The van der Waals surface area contributed by atoms with Crippen molar-refractivity contribution in [1.82, 2.24) is 10.3 Å². The van der Waals surface area contributed by atoms with E-state index in [4.69, 9.17) is 20.9 Å². The number of aromatic nitrogens is 1. The van der Waals surface area contributed by atoms with Gasteiger partial charge in [-0.2, -0.15) is 0 Å². The number of nitrogens with zero attached hydrogens (tertiary/aromatic N) is 1. The molecule has 7 nitrogen and oxygen atoms in total. The highest BCUT2D eigenvalue weighted by atomic mass is 32.1. The van der Waals surface area contributed by atoms with Crippen LogP contribution in [0.2, 0.25) is 0 Å². The number of carbonyl (C=O) groups is 1. The number of benzene rings is 1. The first-order valence-corrected chi connectivity index (χ1v) is 12.3. The van der Waals surface area contributed by atoms with Crippen LogP contribution in [0.3, 0.4) is 0 Å². The van der Waals surface area contributed by atoms with Crippen molar-refractivity contribution in [3.63, 3.8) is 0 Å². The first kappa shape index (κ1) is 20.7. The lowest BCUT2D eigenvalue weighted by Gasteiger charge is -2.39. The zero-order chi connectivity index (χ0) is 22.7. The summed E-state index contributed by atoms with van der Waals surface area (Å²) in [5.74, 6) is 1.38. The van der Waals surface area contributed by atoms with E-state index in [0.29, 0.717) is 22.6 Å². The molecule has 2 atom stereocenters. The van der Waals surface area contributed by atoms with Gasteiger partial charge in [0.1, 0.15) is 21.2 Å². The standard InChI is InChI=1S/C25H28N4O3S/c1-13-6-18(20-21(26)22(23(27)30)33-24(20)29-13)15-7-14-2-3-16(8-19(14)31-10-15)32-17-4-5-25(9-17)11-28-12-25/h2-3,6,8,15,17,28H,4-5,7,9-12,26H2,1H3,(H2,27,30)/t15-,17-/m0/s1. The maximum Gasteiger partial charge on any atom is 0.260 e.